The lowest BCUT2D eigenvalue weighted by Gasteiger charge is -2.08. The van der Waals surface area contributed by atoms with E-state index in [1.54, 1.807) is 23.6 Å². The Morgan fingerprint density at radius 2 is 1.92 bits per heavy atom. The second kappa shape index (κ2) is 7.44. The Labute approximate surface area is 151 Å². The molecule has 26 heavy (non-hydrogen) atoms. The van der Waals surface area contributed by atoms with Gasteiger partial charge < -0.3 is 14.8 Å². The molecular weight excluding hydrogens is 364 g/mol. The number of carbonyl (C=O) groups excluding carboxylic acids is 1. The fraction of sp³-hybridized carbons (Fsp3) is 0.118. The number of hydrogen-bond acceptors (Lipinski definition) is 6. The van der Waals surface area contributed by atoms with Crippen molar-refractivity contribution in [2.24, 2.45) is 0 Å². The minimum absolute atomic E-state index is 0.0366. The van der Waals surface area contributed by atoms with Crippen LogP contribution in [0.5, 0.6) is 11.5 Å². The van der Waals surface area contributed by atoms with Crippen molar-refractivity contribution in [1.29, 1.82) is 0 Å². The van der Waals surface area contributed by atoms with Gasteiger partial charge in [0.25, 0.3) is 5.91 Å². The van der Waals surface area contributed by atoms with E-state index in [2.05, 4.69) is 15.3 Å². The van der Waals surface area contributed by atoms with Gasteiger partial charge in [-0.25, -0.2) is 14.4 Å². The molecule has 1 aromatic carbocycles. The Balaban J connectivity index is 1.80. The van der Waals surface area contributed by atoms with Crippen molar-refractivity contribution in [3.8, 4) is 22.1 Å². The van der Waals surface area contributed by atoms with Crippen molar-refractivity contribution in [2.75, 3.05) is 19.5 Å². The van der Waals surface area contributed by atoms with Gasteiger partial charge in [0.2, 0.25) is 5.95 Å². The Hall–Kier alpha value is -3.07. The fourth-order valence-electron chi connectivity index (χ4n) is 2.16. The second-order valence-corrected chi connectivity index (χ2v) is 5.92. The third-order valence-electron chi connectivity index (χ3n) is 3.42. The lowest BCUT2D eigenvalue weighted by Crippen LogP contribution is -2.13. The van der Waals surface area contributed by atoms with Gasteiger partial charge in [0.1, 0.15) is 10.7 Å². The maximum absolute atomic E-state index is 13.2. The van der Waals surface area contributed by atoms with Crippen LogP contribution in [0.3, 0.4) is 0 Å². The molecule has 2 aromatic heterocycles. The van der Waals surface area contributed by atoms with Gasteiger partial charge in [-0.1, -0.05) is 0 Å². The molecule has 6 nitrogen and oxygen atoms in total. The number of anilines is 1. The van der Waals surface area contributed by atoms with Gasteiger partial charge in [0, 0.05) is 17.0 Å². The molecule has 0 aliphatic carbocycles. The standard InChI is InChI=1S/C17H13F2N3O3S/c1-24-13-4-3-9(5-14(13)25-2)17-22-12(8-26-17)16(23)21-10-6-11(18)15(19)20-7-10/h3-8H,1-2H3,(H,21,23). The lowest BCUT2D eigenvalue weighted by molar-refractivity contribution is 0.102. The molecule has 0 aliphatic heterocycles. The summed E-state index contributed by atoms with van der Waals surface area (Å²) in [4.78, 5) is 19.7. The van der Waals surface area contributed by atoms with Crippen LogP contribution in [0.25, 0.3) is 10.6 Å². The maximum Gasteiger partial charge on any atom is 0.275 e. The van der Waals surface area contributed by atoms with Crippen molar-refractivity contribution in [3.63, 3.8) is 0 Å². The van der Waals surface area contributed by atoms with Gasteiger partial charge in [-0.15, -0.1) is 11.3 Å². The zero-order valence-corrected chi connectivity index (χ0v) is 14.6. The Morgan fingerprint density at radius 1 is 1.15 bits per heavy atom. The van der Waals surface area contributed by atoms with Crippen molar-refractivity contribution < 1.29 is 23.0 Å². The molecule has 1 amide bonds. The number of rotatable bonds is 5. The summed E-state index contributed by atoms with van der Waals surface area (Å²) in [5.74, 6) is -1.81. The molecule has 0 saturated carbocycles. The number of hydrogen-bond donors (Lipinski definition) is 1. The molecule has 0 aliphatic rings. The first-order valence-corrected chi connectivity index (χ1v) is 8.20. The van der Waals surface area contributed by atoms with Crippen molar-refractivity contribution >= 4 is 22.9 Å². The maximum atomic E-state index is 13.2. The highest BCUT2D eigenvalue weighted by atomic mass is 32.1. The molecule has 0 unspecified atom stereocenters. The molecule has 0 atom stereocenters. The first-order chi connectivity index (χ1) is 12.5. The van der Waals surface area contributed by atoms with Gasteiger partial charge >= 0.3 is 0 Å². The molecule has 3 aromatic rings. The summed E-state index contributed by atoms with van der Waals surface area (Å²) in [7, 11) is 3.06. The summed E-state index contributed by atoms with van der Waals surface area (Å²) < 4.78 is 36.4. The van der Waals surface area contributed by atoms with Crippen LogP contribution in [-0.4, -0.2) is 30.1 Å². The third kappa shape index (κ3) is 3.62. The van der Waals surface area contributed by atoms with E-state index in [-0.39, 0.29) is 11.4 Å². The predicted octanol–water partition coefficient (Wildman–Crippen LogP) is 3.75. The number of benzene rings is 1. The van der Waals surface area contributed by atoms with Crippen LogP contribution in [0.1, 0.15) is 10.5 Å². The summed E-state index contributed by atoms with van der Waals surface area (Å²) in [5, 5.41) is 4.58. The highest BCUT2D eigenvalue weighted by Gasteiger charge is 2.15. The summed E-state index contributed by atoms with van der Waals surface area (Å²) in [5.41, 5.74) is 0.931. The minimum atomic E-state index is -1.23. The first kappa shape index (κ1) is 17.7. The molecule has 0 saturated heterocycles. The number of ether oxygens (including phenoxy) is 2. The minimum Gasteiger partial charge on any atom is -0.493 e. The molecule has 134 valence electrons. The van der Waals surface area contributed by atoms with Crippen LogP contribution in [0, 0.1) is 11.8 Å². The van der Waals surface area contributed by atoms with Crippen LogP contribution in [0.15, 0.2) is 35.8 Å². The van der Waals surface area contributed by atoms with Gasteiger partial charge in [-0.05, 0) is 18.2 Å². The first-order valence-electron chi connectivity index (χ1n) is 7.32. The third-order valence-corrected chi connectivity index (χ3v) is 4.31. The molecule has 0 spiro atoms. The quantitative estimate of drug-likeness (QED) is 0.686. The smallest absolute Gasteiger partial charge is 0.275 e. The summed E-state index contributed by atoms with van der Waals surface area (Å²) >= 11 is 1.26. The number of pyridine rings is 1. The van der Waals surface area contributed by atoms with Crippen molar-refractivity contribution in [1.82, 2.24) is 9.97 Å². The zero-order valence-electron chi connectivity index (χ0n) is 13.7. The highest BCUT2D eigenvalue weighted by Crippen LogP contribution is 2.33. The molecule has 9 heteroatoms. The Kier molecular flexibility index (Phi) is 5.08. The topological polar surface area (TPSA) is 73.3 Å². The van der Waals surface area contributed by atoms with E-state index in [1.807, 2.05) is 0 Å². The fourth-order valence-corrected chi connectivity index (χ4v) is 2.96. The predicted molar refractivity (Wildman–Crippen MR) is 92.8 cm³/mol. The Bertz CT molecular complexity index is 962. The normalized spacial score (nSPS) is 10.5. The second-order valence-electron chi connectivity index (χ2n) is 5.06. The Morgan fingerprint density at radius 3 is 2.62 bits per heavy atom. The van der Waals surface area contributed by atoms with Gasteiger partial charge in [0.05, 0.1) is 26.1 Å². The van der Waals surface area contributed by atoms with Crippen molar-refractivity contribution in [3.05, 3.63) is 53.3 Å². The van der Waals surface area contributed by atoms with Crippen LogP contribution < -0.4 is 14.8 Å². The summed E-state index contributed by atoms with van der Waals surface area (Å²) in [6.45, 7) is 0. The van der Waals surface area contributed by atoms with Crippen LogP contribution >= 0.6 is 11.3 Å². The summed E-state index contributed by atoms with van der Waals surface area (Å²) in [6, 6.07) is 6.13. The molecule has 3 rings (SSSR count). The number of methoxy groups -OCH3 is 2. The molecule has 0 fully saturated rings. The monoisotopic (exact) mass is 377 g/mol. The number of halogens is 2. The van der Waals surface area contributed by atoms with Gasteiger partial charge in [0.15, 0.2) is 17.3 Å². The number of nitrogens with zero attached hydrogens (tertiary/aromatic N) is 2. The number of nitrogens with one attached hydrogen (secondary N) is 1. The van der Waals surface area contributed by atoms with E-state index >= 15 is 0 Å². The SMILES string of the molecule is COc1ccc(-c2nc(C(=O)Nc3cnc(F)c(F)c3)cs2)cc1OC. The average Bonchev–Trinajstić information content (AvgIpc) is 3.14. The molecule has 0 radical (unpaired) electrons. The van der Waals surface area contributed by atoms with E-state index in [1.165, 1.54) is 25.6 Å². The van der Waals surface area contributed by atoms with Crippen LogP contribution in [0.4, 0.5) is 14.5 Å². The number of thiazole rings is 1. The van der Waals surface area contributed by atoms with E-state index in [4.69, 9.17) is 9.47 Å². The van der Waals surface area contributed by atoms with E-state index in [0.29, 0.717) is 16.5 Å². The van der Waals surface area contributed by atoms with Crippen molar-refractivity contribution in [2.45, 2.75) is 0 Å². The highest BCUT2D eigenvalue weighted by molar-refractivity contribution is 7.13. The average molecular weight is 377 g/mol. The lowest BCUT2D eigenvalue weighted by atomic mass is 10.2. The molecule has 0 bridgehead atoms. The van der Waals surface area contributed by atoms with Gasteiger partial charge in [-0.3, -0.25) is 4.79 Å². The largest absolute Gasteiger partial charge is 0.493 e. The van der Waals surface area contributed by atoms with Gasteiger partial charge in [-0.2, -0.15) is 4.39 Å². The number of aromatic nitrogens is 2. The number of carbonyl (C=O) groups is 1. The van der Waals surface area contributed by atoms with E-state index in [9.17, 15) is 13.6 Å². The van der Waals surface area contributed by atoms with Crippen LogP contribution in [-0.2, 0) is 0 Å². The molecule has 2 heterocycles. The summed E-state index contributed by atoms with van der Waals surface area (Å²) in [6.07, 6.45) is 1.03. The zero-order chi connectivity index (χ0) is 18.7. The van der Waals surface area contributed by atoms with Crippen LogP contribution in [0.2, 0.25) is 0 Å². The van der Waals surface area contributed by atoms with E-state index in [0.717, 1.165) is 17.8 Å². The molecule has 1 N–H and O–H groups in total. The number of amides is 1. The molecular formula is C17H13F2N3O3S. The van der Waals surface area contributed by atoms with E-state index < -0.39 is 17.7 Å².